The molecule has 0 unspecified atom stereocenters. The molecule has 14 rings (SSSR count). The van der Waals surface area contributed by atoms with Gasteiger partial charge in [-0.2, -0.15) is 0 Å². The highest BCUT2D eigenvalue weighted by atomic mass is 16.3. The number of aryl methyl sites for hydroxylation is 3. The molecule has 0 aliphatic heterocycles. The van der Waals surface area contributed by atoms with Crippen molar-refractivity contribution in [3.8, 4) is 44.5 Å². The molecule has 2 aromatic heterocycles. The van der Waals surface area contributed by atoms with Gasteiger partial charge in [-0.05, 0) is 176 Å². The second-order valence-electron chi connectivity index (χ2n) is 24.3. The van der Waals surface area contributed by atoms with Crippen LogP contribution in [-0.2, 0) is 21.7 Å². The summed E-state index contributed by atoms with van der Waals surface area (Å²) in [4.78, 5) is 2.55. The molecule has 0 saturated heterocycles. The molecule has 3 aliphatic rings. The van der Waals surface area contributed by atoms with Crippen LogP contribution in [0.25, 0.3) is 88.4 Å². The Kier molecular flexibility index (Phi) is 8.78. The van der Waals surface area contributed by atoms with E-state index in [0.29, 0.717) is 0 Å². The van der Waals surface area contributed by atoms with Crippen LogP contribution in [0.2, 0.25) is 0 Å². The normalized spacial score (nSPS) is 15.5. The molecule has 0 fully saturated rings. The predicted molar refractivity (Wildman–Crippen MR) is 307 cm³/mol. The van der Waals surface area contributed by atoms with Crippen molar-refractivity contribution in [2.75, 3.05) is 4.90 Å². The molecule has 0 N–H and O–H groups in total. The lowest BCUT2D eigenvalue weighted by Gasteiger charge is -2.32. The molecule has 73 heavy (non-hydrogen) atoms. The molecule has 0 radical (unpaired) electrons. The van der Waals surface area contributed by atoms with Crippen molar-refractivity contribution in [3.63, 3.8) is 0 Å². The molecule has 0 saturated carbocycles. The molecule has 2 heterocycles. The van der Waals surface area contributed by atoms with Crippen LogP contribution in [0, 0.1) is 20.8 Å². The van der Waals surface area contributed by atoms with Crippen molar-refractivity contribution in [1.29, 1.82) is 0 Å². The maximum Gasteiger partial charge on any atom is 0.143 e. The lowest BCUT2D eigenvalue weighted by molar-refractivity contribution is 0.590. The first-order valence-corrected chi connectivity index (χ1v) is 26.2. The number of anilines is 3. The van der Waals surface area contributed by atoms with Gasteiger partial charge >= 0.3 is 0 Å². The first kappa shape index (κ1) is 44.1. The summed E-state index contributed by atoms with van der Waals surface area (Å²) < 4.78 is 13.4. The quantitative estimate of drug-likeness (QED) is 0.176. The Bertz CT molecular complexity index is 4210. The van der Waals surface area contributed by atoms with Crippen molar-refractivity contribution in [3.05, 3.63) is 207 Å². The summed E-state index contributed by atoms with van der Waals surface area (Å²) in [6, 6.07) is 57.5. The Morgan fingerprint density at radius 3 is 1.60 bits per heavy atom. The lowest BCUT2D eigenvalue weighted by atomic mass is 9.79. The topological polar surface area (TPSA) is 29.5 Å². The third kappa shape index (κ3) is 5.94. The van der Waals surface area contributed by atoms with E-state index in [1.165, 1.54) is 116 Å². The fourth-order valence-corrected chi connectivity index (χ4v) is 13.9. The summed E-state index contributed by atoms with van der Waals surface area (Å²) in [5, 5.41) is 4.77. The van der Waals surface area contributed by atoms with Crippen molar-refractivity contribution >= 4 is 60.9 Å². The van der Waals surface area contributed by atoms with E-state index in [0.717, 1.165) is 44.7 Å². The monoisotopic (exact) mass is 947 g/mol. The van der Waals surface area contributed by atoms with E-state index in [-0.39, 0.29) is 21.7 Å². The minimum Gasteiger partial charge on any atom is -0.456 e. The number of furan rings is 2. The molecular weight excluding hydrogens is 887 g/mol. The molecule has 0 spiro atoms. The number of rotatable bonds is 4. The summed E-state index contributed by atoms with van der Waals surface area (Å²) in [5.41, 5.74) is 30.1. The molecular formula is C70H61NO2. The summed E-state index contributed by atoms with van der Waals surface area (Å²) in [6.07, 6.45) is 0. The average molecular weight is 948 g/mol. The number of nitrogens with zero attached hydrogens (tertiary/aromatic N) is 1. The van der Waals surface area contributed by atoms with Crippen molar-refractivity contribution in [2.24, 2.45) is 0 Å². The van der Waals surface area contributed by atoms with Gasteiger partial charge in [-0.25, -0.2) is 0 Å². The van der Waals surface area contributed by atoms with Crippen LogP contribution >= 0.6 is 0 Å². The number of hydrogen-bond donors (Lipinski definition) is 0. The standard InChI is InChI=1S/C70H61NO2/c1-38-31-39(2)65(40(3)32-38)71(43-25-27-45-50-36-56-51(37-55(50)69(9,10)53(45)33-43)62-52(68(56,7)8)29-30-60-63(62)47-17-13-15-19-58(47)72-60)44-26-28-46-54(34-44)70(11,12)57-35-49(41-21-23-42(24-22-41)67(4,5)6)66-64(61(46)57)48-18-14-16-20-59(48)73-66/h13-37H,1-12H3. The van der Waals surface area contributed by atoms with Crippen LogP contribution in [0.5, 0.6) is 0 Å². The molecule has 3 heteroatoms. The summed E-state index contributed by atoms with van der Waals surface area (Å²) in [6.45, 7) is 28.1. The Morgan fingerprint density at radius 2 is 0.932 bits per heavy atom. The second kappa shape index (κ2) is 14.5. The maximum absolute atomic E-state index is 6.90. The van der Waals surface area contributed by atoms with Crippen LogP contribution in [0.15, 0.2) is 160 Å². The molecule has 0 bridgehead atoms. The molecule has 9 aromatic carbocycles. The molecule has 358 valence electrons. The Balaban J connectivity index is 0.937. The molecule has 11 aromatic rings. The van der Waals surface area contributed by atoms with Gasteiger partial charge < -0.3 is 13.7 Å². The van der Waals surface area contributed by atoms with Gasteiger partial charge in [0.25, 0.3) is 0 Å². The molecule has 0 amide bonds. The van der Waals surface area contributed by atoms with Gasteiger partial charge in [0.15, 0.2) is 0 Å². The summed E-state index contributed by atoms with van der Waals surface area (Å²) in [5.74, 6) is 0. The SMILES string of the molecule is Cc1cc(C)c(N(c2ccc3c(c2)C(C)(C)c2cc4c(cc2-3)C(C)(C)c2ccc3oc5ccccc5c3c2-4)c2ccc3c(c2)C(C)(C)c2cc(-c4ccc(C(C)(C)C)cc4)c4oc5ccccc5c4c2-3)c(C)c1. The number of benzene rings is 9. The van der Waals surface area contributed by atoms with Crippen LogP contribution in [0.4, 0.5) is 17.1 Å². The van der Waals surface area contributed by atoms with Crippen molar-refractivity contribution < 1.29 is 8.83 Å². The van der Waals surface area contributed by atoms with E-state index in [4.69, 9.17) is 8.83 Å². The van der Waals surface area contributed by atoms with E-state index in [9.17, 15) is 0 Å². The fourth-order valence-electron chi connectivity index (χ4n) is 13.9. The minimum atomic E-state index is -0.306. The minimum absolute atomic E-state index is 0.0626. The van der Waals surface area contributed by atoms with Crippen LogP contribution in [0.3, 0.4) is 0 Å². The highest BCUT2D eigenvalue weighted by Gasteiger charge is 2.44. The summed E-state index contributed by atoms with van der Waals surface area (Å²) in [7, 11) is 0. The van der Waals surface area contributed by atoms with E-state index in [1.807, 2.05) is 0 Å². The Morgan fingerprint density at radius 1 is 0.411 bits per heavy atom. The zero-order chi connectivity index (χ0) is 50.4. The third-order valence-electron chi connectivity index (χ3n) is 17.7. The van der Waals surface area contributed by atoms with Gasteiger partial charge in [0, 0.05) is 54.7 Å². The maximum atomic E-state index is 6.90. The smallest absolute Gasteiger partial charge is 0.143 e. The molecule has 3 nitrogen and oxygen atoms in total. The van der Waals surface area contributed by atoms with Crippen LogP contribution in [-0.4, -0.2) is 0 Å². The van der Waals surface area contributed by atoms with Crippen LogP contribution in [0.1, 0.15) is 118 Å². The number of para-hydroxylation sites is 2. The van der Waals surface area contributed by atoms with Crippen molar-refractivity contribution in [2.45, 2.75) is 105 Å². The van der Waals surface area contributed by atoms with Gasteiger partial charge in [0.05, 0.1) is 5.69 Å². The van der Waals surface area contributed by atoms with Gasteiger partial charge in [-0.3, -0.25) is 0 Å². The van der Waals surface area contributed by atoms with Crippen molar-refractivity contribution in [1.82, 2.24) is 0 Å². The van der Waals surface area contributed by atoms with E-state index in [2.05, 4.69) is 240 Å². The zero-order valence-corrected chi connectivity index (χ0v) is 44.2. The first-order valence-electron chi connectivity index (χ1n) is 26.2. The highest BCUT2D eigenvalue weighted by molar-refractivity contribution is 6.19. The average Bonchev–Trinajstić information content (AvgIpc) is 4.12. The first-order chi connectivity index (χ1) is 34.8. The Labute approximate surface area is 429 Å². The predicted octanol–water partition coefficient (Wildman–Crippen LogP) is 19.8. The second-order valence-corrected chi connectivity index (χ2v) is 24.3. The largest absolute Gasteiger partial charge is 0.456 e. The van der Waals surface area contributed by atoms with Gasteiger partial charge in [-0.15, -0.1) is 0 Å². The van der Waals surface area contributed by atoms with Gasteiger partial charge in [0.1, 0.15) is 22.3 Å². The Hall–Kier alpha value is -7.62. The number of fused-ring (bicyclic) bond motifs is 17. The highest BCUT2D eigenvalue weighted by Crippen LogP contribution is 2.60. The van der Waals surface area contributed by atoms with Gasteiger partial charge in [0.2, 0.25) is 0 Å². The zero-order valence-electron chi connectivity index (χ0n) is 44.2. The fraction of sp³-hybridized carbons (Fsp3) is 0.229. The molecule has 0 atom stereocenters. The third-order valence-corrected chi connectivity index (χ3v) is 17.7. The van der Waals surface area contributed by atoms with Crippen LogP contribution < -0.4 is 4.90 Å². The lowest BCUT2D eigenvalue weighted by Crippen LogP contribution is -2.19. The number of hydrogen-bond acceptors (Lipinski definition) is 3. The van der Waals surface area contributed by atoms with E-state index >= 15 is 0 Å². The van der Waals surface area contributed by atoms with E-state index < -0.39 is 0 Å². The van der Waals surface area contributed by atoms with Gasteiger partial charge in [-0.1, -0.05) is 159 Å². The summed E-state index contributed by atoms with van der Waals surface area (Å²) >= 11 is 0. The van der Waals surface area contributed by atoms with E-state index in [1.54, 1.807) is 0 Å². The molecule has 3 aliphatic carbocycles.